The van der Waals surface area contributed by atoms with Gasteiger partial charge in [0, 0.05) is 10.8 Å². The average Bonchev–Trinajstić information content (AvgIpc) is 2.59. The minimum Gasteiger partial charge on any atom is -0.392 e. The lowest BCUT2D eigenvalue weighted by Crippen LogP contribution is -2.09. The molecule has 12 heavy (non-hydrogen) atoms. The van der Waals surface area contributed by atoms with E-state index in [1.54, 1.807) is 11.3 Å². The Bertz CT molecular complexity index is 276. The largest absolute Gasteiger partial charge is 0.392 e. The van der Waals surface area contributed by atoms with E-state index in [-0.39, 0.29) is 6.10 Å². The third-order valence-corrected chi connectivity index (χ3v) is 4.22. The molecule has 4 heteroatoms. The van der Waals surface area contributed by atoms with Crippen molar-refractivity contribution in [2.45, 2.75) is 31.3 Å². The van der Waals surface area contributed by atoms with Gasteiger partial charge in [0.1, 0.15) is 4.60 Å². The van der Waals surface area contributed by atoms with Gasteiger partial charge in [-0.2, -0.15) is 0 Å². The molecule has 2 nitrogen and oxygen atoms in total. The van der Waals surface area contributed by atoms with Crippen molar-refractivity contribution in [1.82, 2.24) is 4.98 Å². The predicted molar refractivity (Wildman–Crippen MR) is 52.4 cm³/mol. The van der Waals surface area contributed by atoms with E-state index in [0.717, 1.165) is 23.9 Å². The maximum atomic E-state index is 9.64. The molecule has 0 bridgehead atoms. The van der Waals surface area contributed by atoms with E-state index < -0.39 is 0 Å². The molecule has 0 radical (unpaired) electrons. The minimum atomic E-state index is -0.151. The Morgan fingerprint density at radius 1 is 1.58 bits per heavy atom. The lowest BCUT2D eigenvalue weighted by Gasteiger charge is -2.11. The van der Waals surface area contributed by atoms with Gasteiger partial charge in [-0.1, -0.05) is 6.42 Å². The normalized spacial score (nSPS) is 29.5. The monoisotopic (exact) mass is 247 g/mol. The van der Waals surface area contributed by atoms with Crippen LogP contribution in [-0.4, -0.2) is 16.2 Å². The van der Waals surface area contributed by atoms with Crippen LogP contribution in [0.5, 0.6) is 0 Å². The molecule has 1 aromatic heterocycles. The zero-order chi connectivity index (χ0) is 8.55. The van der Waals surface area contributed by atoms with Crippen LogP contribution in [0.3, 0.4) is 0 Å². The predicted octanol–water partition coefficient (Wildman–Crippen LogP) is 2.53. The van der Waals surface area contributed by atoms with E-state index in [9.17, 15) is 5.11 Å². The van der Waals surface area contributed by atoms with Crippen LogP contribution in [0.15, 0.2) is 10.1 Å². The summed E-state index contributed by atoms with van der Waals surface area (Å²) in [5.41, 5.74) is 1.82. The molecule has 1 heterocycles. The molecule has 0 aliphatic heterocycles. The highest BCUT2D eigenvalue weighted by Crippen LogP contribution is 2.39. The highest BCUT2D eigenvalue weighted by atomic mass is 79.9. The zero-order valence-electron chi connectivity index (χ0n) is 6.53. The molecule has 0 unspecified atom stereocenters. The van der Waals surface area contributed by atoms with Crippen molar-refractivity contribution in [3.63, 3.8) is 0 Å². The fourth-order valence-electron chi connectivity index (χ4n) is 1.73. The zero-order valence-corrected chi connectivity index (χ0v) is 8.94. The molecule has 2 atom stereocenters. The van der Waals surface area contributed by atoms with Gasteiger partial charge in [-0.05, 0) is 28.8 Å². The first kappa shape index (κ1) is 8.66. The second-order valence-electron chi connectivity index (χ2n) is 3.11. The van der Waals surface area contributed by atoms with Gasteiger partial charge in [0.15, 0.2) is 0 Å². The summed E-state index contributed by atoms with van der Waals surface area (Å²) in [6.07, 6.45) is 3.02. The van der Waals surface area contributed by atoms with Gasteiger partial charge in [0.05, 0.1) is 11.6 Å². The summed E-state index contributed by atoms with van der Waals surface area (Å²) in [5.74, 6) is 0.326. The molecular formula is C8H10BrNOS. The minimum absolute atomic E-state index is 0.151. The maximum Gasteiger partial charge on any atom is 0.120 e. The van der Waals surface area contributed by atoms with Crippen LogP contribution >= 0.6 is 27.3 Å². The van der Waals surface area contributed by atoms with Crippen molar-refractivity contribution >= 4 is 27.3 Å². The second-order valence-corrected chi connectivity index (χ2v) is 4.75. The molecule has 0 saturated heterocycles. The van der Waals surface area contributed by atoms with Crippen molar-refractivity contribution in [2.24, 2.45) is 0 Å². The molecule has 0 spiro atoms. The number of aliphatic hydroxyl groups is 1. The molecule has 1 fully saturated rings. The summed E-state index contributed by atoms with van der Waals surface area (Å²) in [6, 6.07) is 0. The molecule has 0 aromatic carbocycles. The number of thiazole rings is 1. The summed E-state index contributed by atoms with van der Waals surface area (Å²) < 4.78 is 0.915. The number of halogens is 1. The van der Waals surface area contributed by atoms with E-state index in [1.807, 2.05) is 5.51 Å². The van der Waals surface area contributed by atoms with Crippen LogP contribution in [0.25, 0.3) is 0 Å². The number of aromatic nitrogens is 1. The molecule has 1 aliphatic carbocycles. The van der Waals surface area contributed by atoms with E-state index in [2.05, 4.69) is 20.9 Å². The third-order valence-electron chi connectivity index (χ3n) is 2.37. The van der Waals surface area contributed by atoms with Crippen molar-refractivity contribution in [3.05, 3.63) is 15.0 Å². The lowest BCUT2D eigenvalue weighted by atomic mass is 10.1. The van der Waals surface area contributed by atoms with E-state index in [1.165, 1.54) is 4.88 Å². The van der Waals surface area contributed by atoms with E-state index in [4.69, 9.17) is 0 Å². The molecule has 0 amide bonds. The summed E-state index contributed by atoms with van der Waals surface area (Å²) in [6.45, 7) is 0. The van der Waals surface area contributed by atoms with Crippen molar-refractivity contribution in [2.75, 3.05) is 0 Å². The smallest absolute Gasteiger partial charge is 0.120 e. The Morgan fingerprint density at radius 3 is 2.92 bits per heavy atom. The summed E-state index contributed by atoms with van der Waals surface area (Å²) in [4.78, 5) is 5.33. The molecule has 1 N–H and O–H groups in total. The van der Waals surface area contributed by atoms with Crippen molar-refractivity contribution < 1.29 is 5.11 Å². The van der Waals surface area contributed by atoms with Crippen LogP contribution in [0.1, 0.15) is 30.1 Å². The lowest BCUT2D eigenvalue weighted by molar-refractivity contribution is 0.164. The van der Waals surface area contributed by atoms with E-state index >= 15 is 0 Å². The van der Waals surface area contributed by atoms with Gasteiger partial charge < -0.3 is 5.11 Å². The standard InChI is InChI=1S/C8H10BrNOS/c9-8-7(12-4-10-8)5-2-1-3-6(5)11/h4-6,11H,1-3H2/t5-,6-/m1/s1. The summed E-state index contributed by atoms with van der Waals surface area (Å²) in [7, 11) is 0. The van der Waals surface area contributed by atoms with Crippen LogP contribution in [-0.2, 0) is 0 Å². The molecule has 2 rings (SSSR count). The third kappa shape index (κ3) is 1.43. The van der Waals surface area contributed by atoms with Gasteiger partial charge in [-0.25, -0.2) is 4.98 Å². The highest BCUT2D eigenvalue weighted by Gasteiger charge is 2.29. The van der Waals surface area contributed by atoms with Crippen LogP contribution in [0.2, 0.25) is 0 Å². The first-order chi connectivity index (χ1) is 5.79. The number of rotatable bonds is 1. The van der Waals surface area contributed by atoms with Gasteiger partial charge in [-0.15, -0.1) is 11.3 Å². The quantitative estimate of drug-likeness (QED) is 0.828. The fourth-order valence-corrected chi connectivity index (χ4v) is 3.41. The Kier molecular flexibility index (Phi) is 2.48. The Balaban J connectivity index is 2.24. The van der Waals surface area contributed by atoms with Crippen molar-refractivity contribution in [1.29, 1.82) is 0 Å². The Labute approximate surface area is 83.8 Å². The van der Waals surface area contributed by atoms with Gasteiger partial charge in [0.25, 0.3) is 0 Å². The SMILES string of the molecule is O[C@@H]1CCC[C@H]1c1scnc1Br. The van der Waals surface area contributed by atoms with Gasteiger partial charge >= 0.3 is 0 Å². The molecule has 1 aromatic rings. The van der Waals surface area contributed by atoms with Crippen LogP contribution < -0.4 is 0 Å². The summed E-state index contributed by atoms with van der Waals surface area (Å²) in [5, 5.41) is 9.64. The highest BCUT2D eigenvalue weighted by molar-refractivity contribution is 9.10. The molecule has 66 valence electrons. The topological polar surface area (TPSA) is 33.1 Å². The number of hydrogen-bond acceptors (Lipinski definition) is 3. The van der Waals surface area contributed by atoms with Crippen LogP contribution in [0.4, 0.5) is 0 Å². The Hall–Kier alpha value is 0.0700. The Morgan fingerprint density at radius 2 is 2.42 bits per heavy atom. The first-order valence-electron chi connectivity index (χ1n) is 4.06. The second kappa shape index (κ2) is 3.44. The number of aliphatic hydroxyl groups excluding tert-OH is 1. The average molecular weight is 248 g/mol. The number of nitrogens with zero attached hydrogens (tertiary/aromatic N) is 1. The molecule has 1 aliphatic rings. The molecular weight excluding hydrogens is 238 g/mol. The van der Waals surface area contributed by atoms with Gasteiger partial charge in [0.2, 0.25) is 0 Å². The van der Waals surface area contributed by atoms with Crippen LogP contribution in [0, 0.1) is 0 Å². The summed E-state index contributed by atoms with van der Waals surface area (Å²) >= 11 is 5.02. The number of hydrogen-bond donors (Lipinski definition) is 1. The first-order valence-corrected chi connectivity index (χ1v) is 5.73. The molecule has 1 saturated carbocycles. The maximum absolute atomic E-state index is 9.64. The van der Waals surface area contributed by atoms with Gasteiger partial charge in [-0.3, -0.25) is 0 Å². The van der Waals surface area contributed by atoms with E-state index in [0.29, 0.717) is 5.92 Å². The fraction of sp³-hybridized carbons (Fsp3) is 0.625. The van der Waals surface area contributed by atoms with Crippen molar-refractivity contribution in [3.8, 4) is 0 Å².